The smallest absolute Gasteiger partial charge is 0.252 e. The quantitative estimate of drug-likeness (QED) is 0.700. The SMILES string of the molecule is Cc1ccccc1Nc1cncc(C(=O)NCCc2ccc(F)cc2)c1. The van der Waals surface area contributed by atoms with Crippen LogP contribution >= 0.6 is 0 Å². The molecule has 3 aromatic rings. The number of hydrogen-bond donors (Lipinski definition) is 2. The molecule has 132 valence electrons. The first-order chi connectivity index (χ1) is 12.6. The van der Waals surface area contributed by atoms with E-state index in [9.17, 15) is 9.18 Å². The number of aromatic nitrogens is 1. The predicted octanol–water partition coefficient (Wildman–Crippen LogP) is 4.25. The molecule has 0 saturated heterocycles. The van der Waals surface area contributed by atoms with Gasteiger partial charge in [0, 0.05) is 18.4 Å². The summed E-state index contributed by atoms with van der Waals surface area (Å²) in [5.74, 6) is -0.449. The van der Waals surface area contributed by atoms with Crippen LogP contribution in [0, 0.1) is 12.7 Å². The van der Waals surface area contributed by atoms with E-state index < -0.39 is 0 Å². The van der Waals surface area contributed by atoms with Crippen LogP contribution in [0.2, 0.25) is 0 Å². The number of nitrogens with one attached hydrogen (secondary N) is 2. The molecule has 1 aromatic heterocycles. The molecule has 0 aliphatic carbocycles. The van der Waals surface area contributed by atoms with E-state index in [1.165, 1.54) is 18.3 Å². The fourth-order valence-corrected chi connectivity index (χ4v) is 2.57. The lowest BCUT2D eigenvalue weighted by molar-refractivity contribution is 0.0954. The Hall–Kier alpha value is -3.21. The Balaban J connectivity index is 1.59. The Morgan fingerprint density at radius 3 is 2.62 bits per heavy atom. The highest BCUT2D eigenvalue weighted by Crippen LogP contribution is 2.20. The molecule has 0 aliphatic rings. The number of anilines is 2. The van der Waals surface area contributed by atoms with Gasteiger partial charge in [0.2, 0.25) is 0 Å². The van der Waals surface area contributed by atoms with Gasteiger partial charge in [-0.2, -0.15) is 0 Å². The van der Waals surface area contributed by atoms with E-state index in [1.54, 1.807) is 24.4 Å². The van der Waals surface area contributed by atoms with Gasteiger partial charge >= 0.3 is 0 Å². The summed E-state index contributed by atoms with van der Waals surface area (Å²) in [5.41, 5.74) is 4.30. The van der Waals surface area contributed by atoms with Gasteiger partial charge in [-0.15, -0.1) is 0 Å². The molecular formula is C21H20FN3O. The molecule has 4 nitrogen and oxygen atoms in total. The van der Waals surface area contributed by atoms with Gasteiger partial charge in [-0.1, -0.05) is 30.3 Å². The second-order valence-electron chi connectivity index (χ2n) is 6.03. The minimum absolute atomic E-state index is 0.187. The Morgan fingerprint density at radius 1 is 1.08 bits per heavy atom. The first-order valence-corrected chi connectivity index (χ1v) is 8.42. The molecule has 3 rings (SSSR count). The zero-order valence-corrected chi connectivity index (χ0v) is 14.5. The van der Waals surface area contributed by atoms with Gasteiger partial charge in [0.25, 0.3) is 5.91 Å². The zero-order valence-electron chi connectivity index (χ0n) is 14.5. The van der Waals surface area contributed by atoms with Crippen molar-refractivity contribution in [2.45, 2.75) is 13.3 Å². The number of benzene rings is 2. The van der Waals surface area contributed by atoms with Crippen molar-refractivity contribution in [1.29, 1.82) is 0 Å². The van der Waals surface area contributed by atoms with Crippen molar-refractivity contribution in [3.63, 3.8) is 0 Å². The Labute approximate surface area is 152 Å². The van der Waals surface area contributed by atoms with Crippen molar-refractivity contribution < 1.29 is 9.18 Å². The van der Waals surface area contributed by atoms with Crippen molar-refractivity contribution in [3.05, 3.63) is 89.5 Å². The summed E-state index contributed by atoms with van der Waals surface area (Å²) < 4.78 is 12.9. The van der Waals surface area contributed by atoms with Crippen molar-refractivity contribution in [2.75, 3.05) is 11.9 Å². The number of carbonyl (C=O) groups excluding carboxylic acids is 1. The van der Waals surface area contributed by atoms with E-state index in [0.29, 0.717) is 18.5 Å². The first-order valence-electron chi connectivity index (χ1n) is 8.42. The van der Waals surface area contributed by atoms with Crippen LogP contribution in [0.5, 0.6) is 0 Å². The van der Waals surface area contributed by atoms with Crippen LogP contribution in [0.4, 0.5) is 15.8 Å². The standard InChI is InChI=1S/C21H20FN3O/c1-15-4-2-3-5-20(15)25-19-12-17(13-23-14-19)21(26)24-11-10-16-6-8-18(22)9-7-16/h2-9,12-14,25H,10-11H2,1H3,(H,24,26). The maximum Gasteiger partial charge on any atom is 0.252 e. The number of carbonyl (C=O) groups is 1. The summed E-state index contributed by atoms with van der Waals surface area (Å²) in [6.07, 6.45) is 3.86. The van der Waals surface area contributed by atoms with Crippen molar-refractivity contribution >= 4 is 17.3 Å². The van der Waals surface area contributed by atoms with Crippen molar-refractivity contribution in [3.8, 4) is 0 Å². The highest BCUT2D eigenvalue weighted by atomic mass is 19.1. The summed E-state index contributed by atoms with van der Waals surface area (Å²) in [6, 6.07) is 16.0. The molecule has 2 aromatic carbocycles. The molecule has 0 bridgehead atoms. The van der Waals surface area contributed by atoms with Crippen LogP contribution in [-0.4, -0.2) is 17.4 Å². The monoisotopic (exact) mass is 349 g/mol. The number of nitrogens with zero attached hydrogens (tertiary/aromatic N) is 1. The molecule has 0 aliphatic heterocycles. The fourth-order valence-electron chi connectivity index (χ4n) is 2.57. The number of para-hydroxylation sites is 1. The van der Waals surface area contributed by atoms with E-state index in [-0.39, 0.29) is 11.7 Å². The maximum absolute atomic E-state index is 12.9. The van der Waals surface area contributed by atoms with E-state index in [0.717, 1.165) is 22.5 Å². The number of pyridine rings is 1. The van der Waals surface area contributed by atoms with Crippen LogP contribution < -0.4 is 10.6 Å². The van der Waals surface area contributed by atoms with Gasteiger partial charge < -0.3 is 10.6 Å². The van der Waals surface area contributed by atoms with E-state index in [4.69, 9.17) is 0 Å². The normalized spacial score (nSPS) is 10.4. The molecule has 0 radical (unpaired) electrons. The van der Waals surface area contributed by atoms with Gasteiger partial charge in [0.15, 0.2) is 0 Å². The van der Waals surface area contributed by atoms with Crippen LogP contribution in [0.15, 0.2) is 67.0 Å². The molecule has 0 spiro atoms. The second-order valence-corrected chi connectivity index (χ2v) is 6.03. The molecule has 0 fully saturated rings. The molecule has 26 heavy (non-hydrogen) atoms. The van der Waals surface area contributed by atoms with E-state index in [2.05, 4.69) is 15.6 Å². The molecule has 0 unspecified atom stereocenters. The maximum atomic E-state index is 12.9. The lowest BCUT2D eigenvalue weighted by Crippen LogP contribution is -2.25. The van der Waals surface area contributed by atoms with Gasteiger partial charge in [-0.25, -0.2) is 4.39 Å². The number of rotatable bonds is 6. The number of hydrogen-bond acceptors (Lipinski definition) is 3. The lowest BCUT2D eigenvalue weighted by Gasteiger charge is -2.10. The average molecular weight is 349 g/mol. The molecule has 1 heterocycles. The zero-order chi connectivity index (χ0) is 18.4. The topological polar surface area (TPSA) is 54.0 Å². The average Bonchev–Trinajstić information content (AvgIpc) is 2.65. The molecule has 0 atom stereocenters. The summed E-state index contributed by atoms with van der Waals surface area (Å²) in [5, 5.41) is 6.14. The van der Waals surface area contributed by atoms with Gasteiger partial charge in [-0.05, 0) is 48.7 Å². The Morgan fingerprint density at radius 2 is 1.85 bits per heavy atom. The molecule has 5 heteroatoms. The van der Waals surface area contributed by atoms with Gasteiger partial charge in [0.1, 0.15) is 5.82 Å². The first kappa shape index (κ1) is 17.6. The van der Waals surface area contributed by atoms with E-state index >= 15 is 0 Å². The van der Waals surface area contributed by atoms with Crippen LogP contribution in [0.3, 0.4) is 0 Å². The Bertz CT molecular complexity index is 894. The lowest BCUT2D eigenvalue weighted by atomic mass is 10.1. The Kier molecular flexibility index (Phi) is 5.59. The summed E-state index contributed by atoms with van der Waals surface area (Å²) in [7, 11) is 0. The molecule has 0 saturated carbocycles. The molecular weight excluding hydrogens is 329 g/mol. The third kappa shape index (κ3) is 4.66. The highest BCUT2D eigenvalue weighted by Gasteiger charge is 2.07. The third-order valence-corrected chi connectivity index (χ3v) is 4.04. The number of amides is 1. The van der Waals surface area contributed by atoms with Gasteiger partial charge in [-0.3, -0.25) is 9.78 Å². The third-order valence-electron chi connectivity index (χ3n) is 4.04. The molecule has 1 amide bonds. The number of aryl methyl sites for hydroxylation is 1. The summed E-state index contributed by atoms with van der Waals surface area (Å²) in [6.45, 7) is 2.49. The van der Waals surface area contributed by atoms with Gasteiger partial charge in [0.05, 0.1) is 17.4 Å². The van der Waals surface area contributed by atoms with Crippen molar-refractivity contribution in [1.82, 2.24) is 10.3 Å². The largest absolute Gasteiger partial charge is 0.354 e. The van der Waals surface area contributed by atoms with Crippen LogP contribution in [0.25, 0.3) is 0 Å². The summed E-state index contributed by atoms with van der Waals surface area (Å²) in [4.78, 5) is 16.5. The van der Waals surface area contributed by atoms with Crippen LogP contribution in [0.1, 0.15) is 21.5 Å². The van der Waals surface area contributed by atoms with Crippen LogP contribution in [-0.2, 0) is 6.42 Å². The predicted molar refractivity (Wildman–Crippen MR) is 101 cm³/mol. The fraction of sp³-hybridized carbons (Fsp3) is 0.143. The summed E-state index contributed by atoms with van der Waals surface area (Å²) >= 11 is 0. The highest BCUT2D eigenvalue weighted by molar-refractivity contribution is 5.94. The van der Waals surface area contributed by atoms with Crippen molar-refractivity contribution in [2.24, 2.45) is 0 Å². The second kappa shape index (κ2) is 8.25. The minimum atomic E-state index is -0.262. The molecule has 2 N–H and O–H groups in total. The minimum Gasteiger partial charge on any atom is -0.354 e. The number of halogens is 1. The van der Waals surface area contributed by atoms with E-state index in [1.807, 2.05) is 31.2 Å².